The molecule has 1 aromatic heterocycles. The zero-order valence-electron chi connectivity index (χ0n) is 7.79. The van der Waals surface area contributed by atoms with Crippen LogP contribution in [0.4, 0.5) is 0 Å². The lowest BCUT2D eigenvalue weighted by atomic mass is 10.1. The van der Waals surface area contributed by atoms with E-state index in [4.69, 9.17) is 10.9 Å². The fraction of sp³-hybridized carbons (Fsp3) is 0. The maximum absolute atomic E-state index is 10.9. The number of rotatable bonds is 2. The number of carbonyl (C=O) groups is 1. The summed E-state index contributed by atoms with van der Waals surface area (Å²) in [6.07, 6.45) is 1.28. The normalized spacial score (nSPS) is 10.1. The highest BCUT2D eigenvalue weighted by Crippen LogP contribution is 2.20. The Kier molecular flexibility index (Phi) is 2.13. The van der Waals surface area contributed by atoms with Crippen molar-refractivity contribution in [2.45, 2.75) is 0 Å². The van der Waals surface area contributed by atoms with Gasteiger partial charge in [-0.2, -0.15) is 9.89 Å². The van der Waals surface area contributed by atoms with E-state index >= 15 is 0 Å². The first-order valence-corrected chi connectivity index (χ1v) is 4.32. The molecule has 0 atom stereocenters. The van der Waals surface area contributed by atoms with Crippen LogP contribution >= 0.6 is 0 Å². The molecule has 0 radical (unpaired) electrons. The van der Waals surface area contributed by atoms with Gasteiger partial charge in [0.05, 0.1) is 6.20 Å². The SMILES string of the molecule is Nn1cc(C(=O)O)c(-c2ccccc2)n1. The highest BCUT2D eigenvalue weighted by molar-refractivity contribution is 5.94. The zero-order valence-corrected chi connectivity index (χ0v) is 7.79. The first-order valence-electron chi connectivity index (χ1n) is 4.32. The Morgan fingerprint density at radius 2 is 2.00 bits per heavy atom. The van der Waals surface area contributed by atoms with Gasteiger partial charge >= 0.3 is 5.97 Å². The Morgan fingerprint density at radius 1 is 1.33 bits per heavy atom. The lowest BCUT2D eigenvalue weighted by Gasteiger charge is -1.96. The van der Waals surface area contributed by atoms with Crippen molar-refractivity contribution in [3.05, 3.63) is 42.1 Å². The lowest BCUT2D eigenvalue weighted by molar-refractivity contribution is 0.0697. The lowest BCUT2D eigenvalue weighted by Crippen LogP contribution is -2.07. The van der Waals surface area contributed by atoms with Crippen LogP contribution in [-0.2, 0) is 0 Å². The van der Waals surface area contributed by atoms with Gasteiger partial charge < -0.3 is 10.9 Å². The molecular formula is C10H9N3O2. The van der Waals surface area contributed by atoms with Gasteiger partial charge in [0.1, 0.15) is 11.3 Å². The minimum absolute atomic E-state index is 0.101. The molecule has 76 valence electrons. The molecule has 0 aliphatic carbocycles. The van der Waals surface area contributed by atoms with Crippen molar-refractivity contribution in [2.24, 2.45) is 0 Å². The summed E-state index contributed by atoms with van der Waals surface area (Å²) in [6, 6.07) is 9.06. The van der Waals surface area contributed by atoms with Gasteiger partial charge in [-0.05, 0) is 0 Å². The molecule has 0 spiro atoms. The Hall–Kier alpha value is -2.30. The van der Waals surface area contributed by atoms with Gasteiger partial charge in [-0.1, -0.05) is 30.3 Å². The van der Waals surface area contributed by atoms with Crippen molar-refractivity contribution in [3.8, 4) is 11.3 Å². The third kappa shape index (κ3) is 1.67. The van der Waals surface area contributed by atoms with E-state index in [-0.39, 0.29) is 5.56 Å². The number of benzene rings is 1. The largest absolute Gasteiger partial charge is 0.478 e. The first kappa shape index (κ1) is 9.26. The van der Waals surface area contributed by atoms with E-state index in [1.165, 1.54) is 6.20 Å². The van der Waals surface area contributed by atoms with Crippen molar-refractivity contribution >= 4 is 5.97 Å². The van der Waals surface area contributed by atoms with Crippen LogP contribution < -0.4 is 5.84 Å². The number of hydrogen-bond acceptors (Lipinski definition) is 3. The second-order valence-corrected chi connectivity index (χ2v) is 3.04. The number of nitrogen functional groups attached to an aromatic ring is 1. The summed E-state index contributed by atoms with van der Waals surface area (Å²) in [5.41, 5.74) is 1.22. The molecule has 0 unspecified atom stereocenters. The molecule has 15 heavy (non-hydrogen) atoms. The van der Waals surface area contributed by atoms with Gasteiger partial charge in [-0.3, -0.25) is 0 Å². The van der Waals surface area contributed by atoms with Crippen molar-refractivity contribution in [2.75, 3.05) is 5.84 Å². The van der Waals surface area contributed by atoms with Crippen LogP contribution in [-0.4, -0.2) is 21.0 Å². The molecule has 2 rings (SSSR count). The average molecular weight is 203 g/mol. The van der Waals surface area contributed by atoms with E-state index in [1.54, 1.807) is 12.1 Å². The minimum Gasteiger partial charge on any atom is -0.478 e. The predicted octanol–water partition coefficient (Wildman–Crippen LogP) is 0.962. The predicted molar refractivity (Wildman–Crippen MR) is 54.8 cm³/mol. The number of nitrogens with zero attached hydrogens (tertiary/aromatic N) is 2. The highest BCUT2D eigenvalue weighted by atomic mass is 16.4. The zero-order chi connectivity index (χ0) is 10.8. The van der Waals surface area contributed by atoms with E-state index in [1.807, 2.05) is 18.2 Å². The van der Waals surface area contributed by atoms with E-state index < -0.39 is 5.97 Å². The minimum atomic E-state index is -1.04. The van der Waals surface area contributed by atoms with Gasteiger partial charge in [0.15, 0.2) is 0 Å². The van der Waals surface area contributed by atoms with E-state index in [2.05, 4.69) is 5.10 Å². The number of hydrogen-bond donors (Lipinski definition) is 2. The molecule has 0 aliphatic rings. The topological polar surface area (TPSA) is 81.1 Å². The second kappa shape index (κ2) is 3.45. The molecule has 0 bridgehead atoms. The van der Waals surface area contributed by atoms with E-state index in [0.717, 1.165) is 10.4 Å². The quantitative estimate of drug-likeness (QED) is 0.712. The Bertz CT molecular complexity index is 491. The van der Waals surface area contributed by atoms with Crippen LogP contribution in [0.5, 0.6) is 0 Å². The van der Waals surface area contributed by atoms with Crippen LogP contribution in [0.1, 0.15) is 10.4 Å². The van der Waals surface area contributed by atoms with E-state index in [0.29, 0.717) is 5.69 Å². The van der Waals surface area contributed by atoms with Gasteiger partial charge in [0, 0.05) is 5.56 Å². The number of carboxylic acids is 1. The molecule has 5 heteroatoms. The monoisotopic (exact) mass is 203 g/mol. The molecule has 0 saturated heterocycles. The second-order valence-electron chi connectivity index (χ2n) is 3.04. The Balaban J connectivity index is 2.58. The van der Waals surface area contributed by atoms with Crippen LogP contribution in [0.15, 0.2) is 36.5 Å². The average Bonchev–Trinajstić information content (AvgIpc) is 2.62. The summed E-state index contributed by atoms with van der Waals surface area (Å²) < 4.78 is 0. The third-order valence-corrected chi connectivity index (χ3v) is 2.01. The molecular weight excluding hydrogens is 194 g/mol. The molecule has 1 heterocycles. The van der Waals surface area contributed by atoms with Crippen LogP contribution in [0.25, 0.3) is 11.3 Å². The summed E-state index contributed by atoms with van der Waals surface area (Å²) in [4.78, 5) is 11.9. The van der Waals surface area contributed by atoms with Crippen molar-refractivity contribution in [1.29, 1.82) is 0 Å². The molecule has 1 aromatic carbocycles. The Labute approximate surface area is 85.7 Å². The molecule has 0 aliphatic heterocycles. The van der Waals surface area contributed by atoms with Gasteiger partial charge in [0.2, 0.25) is 0 Å². The fourth-order valence-corrected chi connectivity index (χ4v) is 1.36. The van der Waals surface area contributed by atoms with Crippen LogP contribution in [0.3, 0.4) is 0 Å². The maximum Gasteiger partial charge on any atom is 0.339 e. The van der Waals surface area contributed by atoms with Crippen molar-refractivity contribution in [3.63, 3.8) is 0 Å². The molecule has 0 saturated carbocycles. The maximum atomic E-state index is 10.9. The van der Waals surface area contributed by atoms with E-state index in [9.17, 15) is 4.79 Å². The number of carboxylic acid groups (broad SMARTS) is 1. The van der Waals surface area contributed by atoms with Crippen LogP contribution in [0, 0.1) is 0 Å². The van der Waals surface area contributed by atoms with Crippen molar-refractivity contribution in [1.82, 2.24) is 9.89 Å². The molecule has 5 nitrogen and oxygen atoms in total. The van der Waals surface area contributed by atoms with Crippen molar-refractivity contribution < 1.29 is 9.90 Å². The summed E-state index contributed by atoms with van der Waals surface area (Å²) in [6.45, 7) is 0. The molecule has 3 N–H and O–H groups in total. The summed E-state index contributed by atoms with van der Waals surface area (Å²) >= 11 is 0. The smallest absolute Gasteiger partial charge is 0.339 e. The summed E-state index contributed by atoms with van der Waals surface area (Å²) in [5, 5.41) is 12.8. The number of aromatic carboxylic acids is 1. The summed E-state index contributed by atoms with van der Waals surface area (Å²) in [5.74, 6) is 4.36. The Morgan fingerprint density at radius 3 is 2.60 bits per heavy atom. The third-order valence-electron chi connectivity index (χ3n) is 2.01. The standard InChI is InChI=1S/C10H9N3O2/c11-13-6-8(10(14)15)9(12-13)7-4-2-1-3-5-7/h1-6H,11H2,(H,14,15). The molecule has 0 amide bonds. The fourth-order valence-electron chi connectivity index (χ4n) is 1.36. The first-order chi connectivity index (χ1) is 7.18. The highest BCUT2D eigenvalue weighted by Gasteiger charge is 2.15. The molecule has 2 aromatic rings. The van der Waals surface area contributed by atoms with Gasteiger partial charge in [-0.15, -0.1) is 0 Å². The van der Waals surface area contributed by atoms with Gasteiger partial charge in [-0.25, -0.2) is 4.79 Å². The van der Waals surface area contributed by atoms with Crippen LogP contribution in [0.2, 0.25) is 0 Å². The molecule has 0 fully saturated rings. The number of aromatic nitrogens is 2. The number of nitrogens with two attached hydrogens (primary N) is 1. The van der Waals surface area contributed by atoms with Gasteiger partial charge in [0.25, 0.3) is 0 Å². The summed E-state index contributed by atoms with van der Waals surface area (Å²) in [7, 11) is 0.